The maximum absolute atomic E-state index is 14.1. The van der Waals surface area contributed by atoms with Crippen LogP contribution in [0.25, 0.3) is 0 Å². The summed E-state index contributed by atoms with van der Waals surface area (Å²) in [6, 6.07) is 18.1. The molecule has 0 saturated heterocycles. The van der Waals surface area contributed by atoms with Gasteiger partial charge in [-0.3, -0.25) is 13.9 Å². The predicted molar refractivity (Wildman–Crippen MR) is 161 cm³/mol. The van der Waals surface area contributed by atoms with Crippen LogP contribution in [0.3, 0.4) is 0 Å². The van der Waals surface area contributed by atoms with Gasteiger partial charge in [-0.05, 0) is 86.7 Å². The molecule has 0 unspecified atom stereocenters. The van der Waals surface area contributed by atoms with Gasteiger partial charge >= 0.3 is 0 Å². The van der Waals surface area contributed by atoms with Gasteiger partial charge in [-0.25, -0.2) is 8.42 Å². The molecular weight excluding hydrogens is 546 g/mol. The molecule has 0 fully saturated rings. The fraction of sp³-hybridized carbons (Fsp3) is 0.355. The lowest BCUT2D eigenvalue weighted by molar-refractivity contribution is -0.140. The molecule has 9 heteroatoms. The smallest absolute Gasteiger partial charge is 0.264 e. The molecule has 0 heterocycles. The minimum Gasteiger partial charge on any atom is -0.354 e. The third-order valence-corrected chi connectivity index (χ3v) is 8.91. The second-order valence-electron chi connectivity index (χ2n) is 9.96. The molecule has 3 rings (SSSR count). The van der Waals surface area contributed by atoms with Crippen LogP contribution in [0.4, 0.5) is 5.69 Å². The number of halogens is 1. The van der Waals surface area contributed by atoms with Gasteiger partial charge in [-0.15, -0.1) is 0 Å². The highest BCUT2D eigenvalue weighted by Crippen LogP contribution is 2.27. The zero-order valence-corrected chi connectivity index (χ0v) is 25.3. The number of benzene rings is 3. The predicted octanol–water partition coefficient (Wildman–Crippen LogP) is 5.79. The van der Waals surface area contributed by atoms with Crippen molar-refractivity contribution in [2.45, 2.75) is 64.9 Å². The first-order valence-electron chi connectivity index (χ1n) is 13.5. The number of carbonyl (C=O) groups excluding carboxylic acids is 2. The average Bonchev–Trinajstić information content (AvgIpc) is 2.93. The Bertz CT molecular complexity index is 1420. The second-order valence-corrected chi connectivity index (χ2v) is 12.3. The summed E-state index contributed by atoms with van der Waals surface area (Å²) >= 11 is 6.07. The highest BCUT2D eigenvalue weighted by molar-refractivity contribution is 7.92. The van der Waals surface area contributed by atoms with E-state index in [1.54, 1.807) is 60.7 Å². The Labute approximate surface area is 243 Å². The van der Waals surface area contributed by atoms with E-state index in [9.17, 15) is 18.0 Å². The number of rotatable bonds is 12. The van der Waals surface area contributed by atoms with Crippen molar-refractivity contribution < 1.29 is 18.0 Å². The van der Waals surface area contributed by atoms with Crippen LogP contribution in [0.15, 0.2) is 71.6 Å². The number of nitrogens with one attached hydrogen (secondary N) is 1. The molecule has 0 radical (unpaired) electrons. The first-order chi connectivity index (χ1) is 19.0. The normalized spacial score (nSPS) is 12.1. The van der Waals surface area contributed by atoms with Crippen molar-refractivity contribution in [3.05, 3.63) is 94.0 Å². The van der Waals surface area contributed by atoms with Gasteiger partial charge in [-0.1, -0.05) is 61.3 Å². The maximum Gasteiger partial charge on any atom is 0.264 e. The molecule has 0 aliphatic carbocycles. The quantitative estimate of drug-likeness (QED) is 0.292. The molecule has 214 valence electrons. The fourth-order valence-electron chi connectivity index (χ4n) is 4.32. The van der Waals surface area contributed by atoms with Crippen molar-refractivity contribution in [1.82, 2.24) is 10.2 Å². The summed E-state index contributed by atoms with van der Waals surface area (Å²) in [6.07, 6.45) is 1.12. The van der Waals surface area contributed by atoms with Crippen molar-refractivity contribution in [3.63, 3.8) is 0 Å². The van der Waals surface area contributed by atoms with Gasteiger partial charge in [0.05, 0.1) is 10.6 Å². The highest BCUT2D eigenvalue weighted by atomic mass is 35.5. The first-order valence-corrected chi connectivity index (χ1v) is 15.3. The van der Waals surface area contributed by atoms with Gasteiger partial charge in [-0.2, -0.15) is 0 Å². The minimum absolute atomic E-state index is 0.0844. The zero-order valence-electron chi connectivity index (χ0n) is 23.8. The molecular formula is C31H38ClN3O4S. The number of carbonyl (C=O) groups is 2. The minimum atomic E-state index is -4.11. The van der Waals surface area contributed by atoms with E-state index < -0.39 is 28.5 Å². The number of hydrogen-bond acceptors (Lipinski definition) is 4. The molecule has 0 spiro atoms. The molecule has 2 amide bonds. The molecule has 0 aliphatic heterocycles. The van der Waals surface area contributed by atoms with Gasteiger partial charge < -0.3 is 10.2 Å². The van der Waals surface area contributed by atoms with Gasteiger partial charge in [0.15, 0.2) is 0 Å². The average molecular weight is 584 g/mol. The van der Waals surface area contributed by atoms with Gasteiger partial charge in [0.2, 0.25) is 11.8 Å². The van der Waals surface area contributed by atoms with E-state index >= 15 is 0 Å². The Morgan fingerprint density at radius 2 is 1.55 bits per heavy atom. The Hall–Kier alpha value is -3.36. The van der Waals surface area contributed by atoms with E-state index in [0.717, 1.165) is 33.0 Å². The third-order valence-electron chi connectivity index (χ3n) is 6.87. The Balaban J connectivity index is 2.07. The lowest BCUT2D eigenvalue weighted by Gasteiger charge is -2.33. The zero-order chi connectivity index (χ0) is 29.4. The van der Waals surface area contributed by atoms with Crippen LogP contribution in [0.5, 0.6) is 0 Å². The second kappa shape index (κ2) is 13.8. The van der Waals surface area contributed by atoms with Crippen molar-refractivity contribution in [2.24, 2.45) is 0 Å². The Morgan fingerprint density at radius 1 is 0.900 bits per heavy atom. The van der Waals surface area contributed by atoms with Crippen molar-refractivity contribution in [1.29, 1.82) is 0 Å². The molecule has 0 bridgehead atoms. The number of aryl methyl sites for hydroxylation is 3. The van der Waals surface area contributed by atoms with Crippen LogP contribution in [0.1, 0.15) is 48.9 Å². The fourth-order valence-corrected chi connectivity index (χ4v) is 5.85. The molecule has 0 saturated carbocycles. The van der Waals surface area contributed by atoms with E-state index in [1.807, 2.05) is 40.7 Å². The molecule has 1 N–H and O–H groups in total. The van der Waals surface area contributed by atoms with E-state index in [-0.39, 0.29) is 17.3 Å². The van der Waals surface area contributed by atoms with Crippen molar-refractivity contribution in [3.8, 4) is 0 Å². The summed E-state index contributed by atoms with van der Waals surface area (Å²) in [4.78, 5) is 28.8. The maximum atomic E-state index is 14.1. The summed E-state index contributed by atoms with van der Waals surface area (Å²) < 4.78 is 29.1. The molecule has 1 atom stereocenters. The van der Waals surface area contributed by atoms with E-state index in [2.05, 4.69) is 5.32 Å². The summed E-state index contributed by atoms with van der Waals surface area (Å²) in [5.74, 6) is -0.756. The number of anilines is 1. The van der Waals surface area contributed by atoms with Gasteiger partial charge in [0.1, 0.15) is 12.6 Å². The summed E-state index contributed by atoms with van der Waals surface area (Å²) in [6.45, 7) is 9.65. The summed E-state index contributed by atoms with van der Waals surface area (Å²) in [7, 11) is -4.11. The SMILES string of the molecule is CCCNC(=O)[C@H](CC)N(Cc1ccc(Cl)cc1)C(=O)CN(c1ccc(C)c(C)c1)S(=O)(=O)c1ccc(C)cc1. The largest absolute Gasteiger partial charge is 0.354 e. The van der Waals surface area contributed by atoms with E-state index in [0.29, 0.717) is 23.7 Å². The van der Waals surface area contributed by atoms with E-state index in [4.69, 9.17) is 11.6 Å². The van der Waals surface area contributed by atoms with Crippen molar-refractivity contribution in [2.75, 3.05) is 17.4 Å². The molecule has 0 aliphatic rings. The molecule has 3 aromatic rings. The van der Waals surface area contributed by atoms with Crippen LogP contribution in [-0.4, -0.2) is 44.3 Å². The number of hydrogen-bond donors (Lipinski definition) is 1. The lowest BCUT2D eigenvalue weighted by Crippen LogP contribution is -2.52. The Morgan fingerprint density at radius 3 is 2.12 bits per heavy atom. The lowest BCUT2D eigenvalue weighted by atomic mass is 10.1. The number of amides is 2. The van der Waals surface area contributed by atoms with Crippen LogP contribution in [0.2, 0.25) is 5.02 Å². The van der Waals surface area contributed by atoms with Crippen LogP contribution < -0.4 is 9.62 Å². The van der Waals surface area contributed by atoms with Gasteiger partial charge in [0, 0.05) is 18.1 Å². The van der Waals surface area contributed by atoms with Crippen LogP contribution >= 0.6 is 11.6 Å². The first kappa shape index (κ1) is 31.2. The molecule has 0 aromatic heterocycles. The highest BCUT2D eigenvalue weighted by Gasteiger charge is 2.33. The van der Waals surface area contributed by atoms with Gasteiger partial charge in [0.25, 0.3) is 10.0 Å². The number of sulfonamides is 1. The monoisotopic (exact) mass is 583 g/mol. The summed E-state index contributed by atoms with van der Waals surface area (Å²) in [5, 5.41) is 3.44. The summed E-state index contributed by atoms with van der Waals surface area (Å²) in [5.41, 5.74) is 3.99. The molecule has 40 heavy (non-hydrogen) atoms. The van der Waals surface area contributed by atoms with Crippen LogP contribution in [0, 0.1) is 20.8 Å². The standard InChI is InChI=1S/C31H38ClN3O4S/c1-6-18-33-31(37)29(7-2)34(20-25-11-13-26(32)14-12-25)30(36)21-35(27-15-10-23(4)24(5)19-27)40(38,39)28-16-8-22(3)9-17-28/h8-17,19,29H,6-7,18,20-21H2,1-5H3,(H,33,37)/t29-/m0/s1. The number of nitrogens with zero attached hydrogens (tertiary/aromatic N) is 2. The molecule has 3 aromatic carbocycles. The third kappa shape index (κ3) is 7.64. The molecule has 7 nitrogen and oxygen atoms in total. The Kier molecular flexibility index (Phi) is 10.8. The van der Waals surface area contributed by atoms with Crippen molar-refractivity contribution >= 4 is 39.1 Å². The topological polar surface area (TPSA) is 86.8 Å². The van der Waals surface area contributed by atoms with E-state index in [1.165, 1.54) is 4.90 Å². The van der Waals surface area contributed by atoms with Crippen LogP contribution in [-0.2, 0) is 26.2 Å².